The quantitative estimate of drug-likeness (QED) is 0.722. The van der Waals surface area contributed by atoms with Gasteiger partial charge in [-0.2, -0.15) is 0 Å². The van der Waals surface area contributed by atoms with Gasteiger partial charge >= 0.3 is 0 Å². The predicted octanol–water partition coefficient (Wildman–Crippen LogP) is 4.20. The molecule has 1 N–H and O–H groups in total. The number of para-hydroxylation sites is 1. The van der Waals surface area contributed by atoms with Gasteiger partial charge in [0.15, 0.2) is 0 Å². The molecular weight excluding hydrogens is 335 g/mol. The Bertz CT molecular complexity index is 880. The van der Waals surface area contributed by atoms with Crippen molar-refractivity contribution in [3.63, 3.8) is 0 Å². The number of hydrogen-bond donors (Lipinski definition) is 1. The topological polar surface area (TPSA) is 60.5 Å². The molecule has 0 spiro atoms. The molecule has 132 valence electrons. The molecule has 0 radical (unpaired) electrons. The summed E-state index contributed by atoms with van der Waals surface area (Å²) in [6.45, 7) is 0. The van der Waals surface area contributed by atoms with Gasteiger partial charge < -0.3 is 14.8 Å². The fourth-order valence-corrected chi connectivity index (χ4v) is 2.37. The van der Waals surface area contributed by atoms with Crippen LogP contribution in [0.4, 0.5) is 10.1 Å². The predicted molar refractivity (Wildman–Crippen MR) is 96.0 cm³/mol. The molecular formula is C20H17FN2O3. The minimum Gasteiger partial charge on any atom is -0.496 e. The summed E-state index contributed by atoms with van der Waals surface area (Å²) in [6.07, 6.45) is 1.69. The van der Waals surface area contributed by atoms with E-state index in [1.54, 1.807) is 19.2 Å². The van der Waals surface area contributed by atoms with Gasteiger partial charge in [-0.05, 0) is 36.4 Å². The molecule has 2 aromatic carbocycles. The number of anilines is 1. The Labute approximate surface area is 150 Å². The Morgan fingerprint density at radius 2 is 1.85 bits per heavy atom. The number of nitrogens with zero attached hydrogens (tertiary/aromatic N) is 1. The third kappa shape index (κ3) is 4.57. The largest absolute Gasteiger partial charge is 0.496 e. The Kier molecular flexibility index (Phi) is 5.43. The molecule has 0 fully saturated rings. The first kappa shape index (κ1) is 17.4. The van der Waals surface area contributed by atoms with Crippen LogP contribution in [0.2, 0.25) is 0 Å². The third-order valence-corrected chi connectivity index (χ3v) is 3.60. The van der Waals surface area contributed by atoms with E-state index in [4.69, 9.17) is 9.47 Å². The van der Waals surface area contributed by atoms with E-state index < -0.39 is 0 Å². The lowest BCUT2D eigenvalue weighted by atomic mass is 10.1. The van der Waals surface area contributed by atoms with E-state index in [-0.39, 0.29) is 18.1 Å². The first-order valence-electron chi connectivity index (χ1n) is 7.95. The zero-order valence-electron chi connectivity index (χ0n) is 14.1. The van der Waals surface area contributed by atoms with Gasteiger partial charge in [-0.15, -0.1) is 0 Å². The smallest absolute Gasteiger partial charge is 0.228 e. The lowest BCUT2D eigenvalue weighted by Gasteiger charge is -2.09. The maximum Gasteiger partial charge on any atom is 0.228 e. The van der Waals surface area contributed by atoms with Crippen molar-refractivity contribution in [1.29, 1.82) is 0 Å². The molecule has 0 saturated carbocycles. The molecule has 0 aliphatic carbocycles. The summed E-state index contributed by atoms with van der Waals surface area (Å²) < 4.78 is 23.6. The molecule has 3 aromatic rings. The lowest BCUT2D eigenvalue weighted by Crippen LogP contribution is -2.15. The van der Waals surface area contributed by atoms with Crippen LogP contribution in [0.3, 0.4) is 0 Å². The van der Waals surface area contributed by atoms with E-state index in [2.05, 4.69) is 10.3 Å². The average molecular weight is 352 g/mol. The van der Waals surface area contributed by atoms with Gasteiger partial charge in [0.1, 0.15) is 17.3 Å². The van der Waals surface area contributed by atoms with Gasteiger partial charge in [-0.25, -0.2) is 9.37 Å². The van der Waals surface area contributed by atoms with Crippen LogP contribution in [-0.2, 0) is 11.2 Å². The molecule has 1 heterocycles. The fraction of sp³-hybridized carbons (Fsp3) is 0.100. The number of pyridine rings is 1. The standard InChI is InChI=1S/C20H17FN2O3/c1-25-18-5-3-2-4-14(18)12-19(24)23-16-8-11-20(22-13-16)26-17-9-6-15(21)7-10-17/h2-11,13H,12H2,1H3,(H,23,24). The van der Waals surface area contributed by atoms with E-state index in [1.165, 1.54) is 30.5 Å². The maximum absolute atomic E-state index is 12.9. The highest BCUT2D eigenvalue weighted by atomic mass is 19.1. The lowest BCUT2D eigenvalue weighted by molar-refractivity contribution is -0.115. The highest BCUT2D eigenvalue weighted by Crippen LogP contribution is 2.21. The molecule has 26 heavy (non-hydrogen) atoms. The monoisotopic (exact) mass is 352 g/mol. The van der Waals surface area contributed by atoms with Crippen LogP contribution in [0.1, 0.15) is 5.56 Å². The van der Waals surface area contributed by atoms with Crippen molar-refractivity contribution in [3.8, 4) is 17.4 Å². The van der Waals surface area contributed by atoms with Crippen LogP contribution in [-0.4, -0.2) is 18.0 Å². The van der Waals surface area contributed by atoms with E-state index >= 15 is 0 Å². The summed E-state index contributed by atoms with van der Waals surface area (Å²) in [5.74, 6) is 0.983. The number of nitrogens with one attached hydrogen (secondary N) is 1. The van der Waals surface area contributed by atoms with Crippen LogP contribution >= 0.6 is 0 Å². The van der Waals surface area contributed by atoms with Gasteiger partial charge in [0.05, 0.1) is 25.4 Å². The highest BCUT2D eigenvalue weighted by Gasteiger charge is 2.09. The highest BCUT2D eigenvalue weighted by molar-refractivity contribution is 5.92. The number of carbonyl (C=O) groups is 1. The summed E-state index contributed by atoms with van der Waals surface area (Å²) in [5, 5.41) is 2.78. The second-order valence-corrected chi connectivity index (χ2v) is 5.48. The zero-order chi connectivity index (χ0) is 18.4. The Morgan fingerprint density at radius 3 is 2.54 bits per heavy atom. The first-order valence-corrected chi connectivity index (χ1v) is 7.95. The number of rotatable bonds is 6. The molecule has 6 heteroatoms. The molecule has 0 saturated heterocycles. The molecule has 0 atom stereocenters. The van der Waals surface area contributed by atoms with Gasteiger partial charge in [0, 0.05) is 11.6 Å². The number of carbonyl (C=O) groups excluding carboxylic acids is 1. The normalized spacial score (nSPS) is 10.2. The molecule has 1 amide bonds. The van der Waals surface area contributed by atoms with Crippen molar-refractivity contribution in [2.45, 2.75) is 6.42 Å². The molecule has 0 aliphatic heterocycles. The summed E-state index contributed by atoms with van der Waals surface area (Å²) >= 11 is 0. The zero-order valence-corrected chi connectivity index (χ0v) is 14.1. The summed E-state index contributed by atoms with van der Waals surface area (Å²) in [6, 6.07) is 16.3. The molecule has 1 aromatic heterocycles. The molecule has 0 bridgehead atoms. The second kappa shape index (κ2) is 8.11. The van der Waals surface area contributed by atoms with Crippen molar-refractivity contribution in [2.75, 3.05) is 12.4 Å². The minimum atomic E-state index is -0.335. The molecule has 5 nitrogen and oxygen atoms in total. The van der Waals surface area contributed by atoms with Gasteiger partial charge in [-0.1, -0.05) is 18.2 Å². The van der Waals surface area contributed by atoms with Crippen LogP contribution in [0.5, 0.6) is 17.4 Å². The van der Waals surface area contributed by atoms with Crippen LogP contribution in [0.25, 0.3) is 0 Å². The maximum atomic E-state index is 12.9. The average Bonchev–Trinajstić information content (AvgIpc) is 2.65. The van der Waals surface area contributed by atoms with Gasteiger partial charge in [-0.3, -0.25) is 4.79 Å². The van der Waals surface area contributed by atoms with Crippen LogP contribution < -0.4 is 14.8 Å². The van der Waals surface area contributed by atoms with E-state index in [9.17, 15) is 9.18 Å². The fourth-order valence-electron chi connectivity index (χ4n) is 2.37. The minimum absolute atomic E-state index is 0.177. The summed E-state index contributed by atoms with van der Waals surface area (Å²) in [7, 11) is 1.57. The third-order valence-electron chi connectivity index (χ3n) is 3.60. The van der Waals surface area contributed by atoms with Gasteiger partial charge in [0.2, 0.25) is 11.8 Å². The van der Waals surface area contributed by atoms with E-state index in [1.807, 2.05) is 24.3 Å². The van der Waals surface area contributed by atoms with Crippen molar-refractivity contribution >= 4 is 11.6 Å². The number of benzene rings is 2. The van der Waals surface area contributed by atoms with E-state index in [0.29, 0.717) is 23.1 Å². The van der Waals surface area contributed by atoms with Crippen LogP contribution in [0.15, 0.2) is 66.9 Å². The number of aromatic nitrogens is 1. The Morgan fingerprint density at radius 1 is 1.08 bits per heavy atom. The SMILES string of the molecule is COc1ccccc1CC(=O)Nc1ccc(Oc2ccc(F)cc2)nc1. The van der Waals surface area contributed by atoms with Gasteiger partial charge in [0.25, 0.3) is 0 Å². The van der Waals surface area contributed by atoms with Crippen molar-refractivity contribution in [3.05, 3.63) is 78.2 Å². The first-order chi connectivity index (χ1) is 12.6. The summed E-state index contributed by atoms with van der Waals surface area (Å²) in [4.78, 5) is 16.3. The number of amides is 1. The number of ether oxygens (including phenoxy) is 2. The van der Waals surface area contributed by atoms with Crippen molar-refractivity contribution in [2.24, 2.45) is 0 Å². The number of methoxy groups -OCH3 is 1. The van der Waals surface area contributed by atoms with Crippen molar-refractivity contribution < 1.29 is 18.7 Å². The Hall–Kier alpha value is -3.41. The molecule has 0 unspecified atom stereocenters. The Balaban J connectivity index is 1.60. The molecule has 3 rings (SSSR count). The van der Waals surface area contributed by atoms with Crippen molar-refractivity contribution in [1.82, 2.24) is 4.98 Å². The van der Waals surface area contributed by atoms with Crippen LogP contribution in [0, 0.1) is 5.82 Å². The molecule has 0 aliphatic rings. The second-order valence-electron chi connectivity index (χ2n) is 5.48. The van der Waals surface area contributed by atoms with E-state index in [0.717, 1.165) is 5.56 Å². The number of halogens is 1. The number of hydrogen-bond acceptors (Lipinski definition) is 4. The summed E-state index contributed by atoms with van der Waals surface area (Å²) in [5.41, 5.74) is 1.35.